The number of benzene rings is 1. The topological polar surface area (TPSA) is 38.8 Å². The Labute approximate surface area is 163 Å². The van der Waals surface area contributed by atoms with Crippen molar-refractivity contribution in [2.75, 3.05) is 19.6 Å². The van der Waals surface area contributed by atoms with Crippen LogP contribution >= 0.6 is 0 Å². The molecule has 4 heteroatoms. The summed E-state index contributed by atoms with van der Waals surface area (Å²) in [5.74, 6) is 2.23. The minimum absolute atomic E-state index is 0.0859. The molecule has 0 amide bonds. The Hall–Kier alpha value is -1.81. The molecule has 2 saturated heterocycles. The molecule has 0 bridgehead atoms. The third-order valence-electron chi connectivity index (χ3n) is 5.63. The molecule has 4 nitrogen and oxygen atoms in total. The summed E-state index contributed by atoms with van der Waals surface area (Å²) < 4.78 is 12.2. The molecule has 1 atom stereocenters. The van der Waals surface area contributed by atoms with Crippen molar-refractivity contribution in [1.82, 2.24) is 4.90 Å². The van der Waals surface area contributed by atoms with E-state index in [1.807, 2.05) is 6.92 Å². The number of hydrogen-bond acceptors (Lipinski definition) is 4. The minimum atomic E-state index is -0.265. The first kappa shape index (κ1) is 19.9. The van der Waals surface area contributed by atoms with Crippen LogP contribution in [0.25, 0.3) is 0 Å². The second-order valence-electron chi connectivity index (χ2n) is 8.64. The predicted molar refractivity (Wildman–Crippen MR) is 108 cm³/mol. The highest BCUT2D eigenvalue weighted by Gasteiger charge is 2.34. The molecule has 0 aliphatic carbocycles. The van der Waals surface area contributed by atoms with Crippen LogP contribution in [0.2, 0.25) is 0 Å². The number of ketones is 1. The molecule has 148 valence electrons. The standard InChI is InChI=1S/C23H33NO3/c1-6-11-24-14-21(15-24)26-20-9-7-18(8-10-20)19-12-22(16(2)17(3)25)27-23(4,5)13-19/h7-10,19,21H,6,11-15H2,1-5H3. The molecule has 0 aromatic heterocycles. The molecule has 2 fully saturated rings. The number of ether oxygens (including phenoxy) is 2. The molecule has 1 aromatic rings. The molecule has 1 unspecified atom stereocenters. The number of allylic oxidation sites excluding steroid dienone is 2. The first-order valence-electron chi connectivity index (χ1n) is 10.2. The van der Waals surface area contributed by atoms with Gasteiger partial charge in [0, 0.05) is 25.1 Å². The predicted octanol–water partition coefficient (Wildman–Crippen LogP) is 4.70. The average Bonchev–Trinajstić information content (AvgIpc) is 2.58. The number of carbonyl (C=O) groups excluding carboxylic acids is 1. The van der Waals surface area contributed by atoms with E-state index in [4.69, 9.17) is 9.47 Å². The average molecular weight is 372 g/mol. The zero-order valence-electron chi connectivity index (χ0n) is 17.4. The van der Waals surface area contributed by atoms with E-state index in [-0.39, 0.29) is 11.4 Å². The van der Waals surface area contributed by atoms with Gasteiger partial charge in [0.25, 0.3) is 0 Å². The quantitative estimate of drug-likeness (QED) is 0.680. The summed E-state index contributed by atoms with van der Waals surface area (Å²) in [5.41, 5.74) is 1.77. The molecule has 2 aliphatic heterocycles. The van der Waals surface area contributed by atoms with Crippen molar-refractivity contribution >= 4 is 5.78 Å². The van der Waals surface area contributed by atoms with Crippen LogP contribution < -0.4 is 4.74 Å². The van der Waals surface area contributed by atoms with E-state index in [1.54, 1.807) is 6.92 Å². The van der Waals surface area contributed by atoms with E-state index in [0.717, 1.165) is 49.6 Å². The van der Waals surface area contributed by atoms with Crippen LogP contribution in [0.5, 0.6) is 5.75 Å². The Morgan fingerprint density at radius 2 is 1.89 bits per heavy atom. The maximum absolute atomic E-state index is 11.8. The molecule has 0 saturated carbocycles. The first-order chi connectivity index (χ1) is 12.8. The molecular weight excluding hydrogens is 338 g/mol. The van der Waals surface area contributed by atoms with Crippen molar-refractivity contribution in [3.63, 3.8) is 0 Å². The smallest absolute Gasteiger partial charge is 0.158 e. The Morgan fingerprint density at radius 3 is 2.48 bits per heavy atom. The molecular formula is C23H33NO3. The lowest BCUT2D eigenvalue weighted by molar-refractivity contribution is -0.114. The lowest BCUT2D eigenvalue weighted by Crippen LogP contribution is -2.53. The van der Waals surface area contributed by atoms with Gasteiger partial charge >= 0.3 is 0 Å². The van der Waals surface area contributed by atoms with Gasteiger partial charge in [0.15, 0.2) is 5.78 Å². The van der Waals surface area contributed by atoms with Crippen molar-refractivity contribution < 1.29 is 14.3 Å². The van der Waals surface area contributed by atoms with Crippen LogP contribution in [-0.4, -0.2) is 42.0 Å². The zero-order valence-corrected chi connectivity index (χ0v) is 17.4. The second-order valence-corrected chi connectivity index (χ2v) is 8.64. The molecule has 27 heavy (non-hydrogen) atoms. The van der Waals surface area contributed by atoms with Crippen LogP contribution in [0.15, 0.2) is 35.6 Å². The maximum Gasteiger partial charge on any atom is 0.158 e. The fourth-order valence-electron chi connectivity index (χ4n) is 4.07. The van der Waals surface area contributed by atoms with Crippen molar-refractivity contribution in [2.24, 2.45) is 0 Å². The van der Waals surface area contributed by atoms with Gasteiger partial charge in [-0.1, -0.05) is 19.1 Å². The fraction of sp³-hybridized carbons (Fsp3) is 0.609. The SMILES string of the molecule is CCCN1CC(Oc2ccc(C3CC(=C(C)C(C)=O)OC(C)(C)C3)cc2)C1. The molecule has 0 radical (unpaired) electrons. The molecule has 1 aromatic carbocycles. The summed E-state index contributed by atoms with van der Waals surface area (Å²) in [5, 5.41) is 0. The third kappa shape index (κ3) is 4.92. The summed E-state index contributed by atoms with van der Waals surface area (Å²) in [4.78, 5) is 14.2. The third-order valence-corrected chi connectivity index (χ3v) is 5.63. The lowest BCUT2D eigenvalue weighted by atomic mass is 9.81. The summed E-state index contributed by atoms with van der Waals surface area (Å²) >= 11 is 0. The molecule has 0 spiro atoms. The van der Waals surface area contributed by atoms with Crippen LogP contribution in [0, 0.1) is 0 Å². The van der Waals surface area contributed by atoms with Gasteiger partial charge in [-0.05, 0) is 70.7 Å². The Kier molecular flexibility index (Phi) is 5.95. The van der Waals surface area contributed by atoms with E-state index >= 15 is 0 Å². The van der Waals surface area contributed by atoms with Crippen LogP contribution in [0.4, 0.5) is 0 Å². The van der Waals surface area contributed by atoms with Gasteiger partial charge in [-0.2, -0.15) is 0 Å². The fourth-order valence-corrected chi connectivity index (χ4v) is 4.07. The second kappa shape index (κ2) is 8.05. The van der Waals surface area contributed by atoms with E-state index in [0.29, 0.717) is 12.0 Å². The Morgan fingerprint density at radius 1 is 1.22 bits per heavy atom. The number of rotatable bonds is 6. The Bertz CT molecular complexity index is 699. The van der Waals surface area contributed by atoms with Gasteiger partial charge in [-0.3, -0.25) is 9.69 Å². The van der Waals surface area contributed by atoms with E-state index in [2.05, 4.69) is 49.9 Å². The minimum Gasteiger partial charge on any atom is -0.492 e. The highest BCUT2D eigenvalue weighted by molar-refractivity contribution is 5.93. The van der Waals surface area contributed by atoms with Gasteiger partial charge in [0.05, 0.1) is 0 Å². The van der Waals surface area contributed by atoms with Crippen molar-refractivity contribution in [2.45, 2.75) is 71.5 Å². The molecule has 0 N–H and O–H groups in total. The highest BCUT2D eigenvalue weighted by atomic mass is 16.5. The van der Waals surface area contributed by atoms with Crippen LogP contribution in [0.1, 0.15) is 65.4 Å². The van der Waals surface area contributed by atoms with Crippen molar-refractivity contribution in [3.8, 4) is 5.75 Å². The first-order valence-corrected chi connectivity index (χ1v) is 10.2. The molecule has 2 aliphatic rings. The summed E-state index contributed by atoms with van der Waals surface area (Å²) in [6, 6.07) is 8.51. The number of hydrogen-bond donors (Lipinski definition) is 0. The highest BCUT2D eigenvalue weighted by Crippen LogP contribution is 2.41. The normalized spacial score (nSPS) is 24.7. The largest absolute Gasteiger partial charge is 0.492 e. The summed E-state index contributed by atoms with van der Waals surface area (Å²) in [6.07, 6.45) is 3.24. The number of carbonyl (C=O) groups is 1. The molecule has 3 rings (SSSR count). The Balaban J connectivity index is 1.65. The monoisotopic (exact) mass is 371 g/mol. The van der Waals surface area contributed by atoms with Crippen molar-refractivity contribution in [1.29, 1.82) is 0 Å². The van der Waals surface area contributed by atoms with Gasteiger partial charge in [0.1, 0.15) is 23.2 Å². The number of nitrogens with zero attached hydrogens (tertiary/aromatic N) is 1. The summed E-state index contributed by atoms with van der Waals surface area (Å²) in [6.45, 7) is 13.1. The number of likely N-dealkylation sites (tertiary alicyclic amines) is 1. The van der Waals surface area contributed by atoms with Crippen LogP contribution in [-0.2, 0) is 9.53 Å². The van der Waals surface area contributed by atoms with E-state index in [1.165, 1.54) is 12.0 Å². The number of Topliss-reactive ketones (excluding diaryl/α,β-unsaturated/α-hetero) is 1. The zero-order chi connectivity index (χ0) is 19.6. The van der Waals surface area contributed by atoms with E-state index in [9.17, 15) is 4.79 Å². The van der Waals surface area contributed by atoms with Crippen LogP contribution in [0.3, 0.4) is 0 Å². The maximum atomic E-state index is 11.8. The van der Waals surface area contributed by atoms with Crippen molar-refractivity contribution in [3.05, 3.63) is 41.2 Å². The van der Waals surface area contributed by atoms with Gasteiger partial charge < -0.3 is 9.47 Å². The van der Waals surface area contributed by atoms with E-state index < -0.39 is 0 Å². The lowest BCUT2D eigenvalue weighted by Gasteiger charge is -2.39. The van der Waals surface area contributed by atoms with Gasteiger partial charge in [-0.25, -0.2) is 0 Å². The van der Waals surface area contributed by atoms with Gasteiger partial charge in [0.2, 0.25) is 0 Å². The van der Waals surface area contributed by atoms with Gasteiger partial charge in [-0.15, -0.1) is 0 Å². The molecule has 2 heterocycles. The summed E-state index contributed by atoms with van der Waals surface area (Å²) in [7, 11) is 0.